The highest BCUT2D eigenvalue weighted by atomic mass is 35.5. The second-order valence-corrected chi connectivity index (χ2v) is 6.34. The maximum Gasteiger partial charge on any atom is 0.270 e. The Balaban J connectivity index is 2.05. The third-order valence-corrected chi connectivity index (χ3v) is 4.21. The highest BCUT2D eigenvalue weighted by Gasteiger charge is 2.10. The molecule has 0 aliphatic heterocycles. The van der Waals surface area contributed by atoms with E-state index in [1.165, 1.54) is 16.8 Å². The Kier molecular flexibility index (Phi) is 5.29. The van der Waals surface area contributed by atoms with Gasteiger partial charge in [-0.3, -0.25) is 4.79 Å². The smallest absolute Gasteiger partial charge is 0.267 e. The summed E-state index contributed by atoms with van der Waals surface area (Å²) in [6, 6.07) is 15.3. The van der Waals surface area contributed by atoms with Crippen molar-refractivity contribution in [1.82, 2.24) is 9.78 Å². The number of nitrogens with zero attached hydrogens (tertiary/aromatic N) is 2. The standard InChI is InChI=1S/C20H18ClFN2O/c1-2-3-16-12-19(15-6-10-18(22)11-7-15)23-24(20(16)25)13-14-4-8-17(21)9-5-14/h4-12H,2-3,13H2,1H3. The Morgan fingerprint density at radius 2 is 1.76 bits per heavy atom. The lowest BCUT2D eigenvalue weighted by molar-refractivity contribution is 0.626. The molecule has 5 heteroatoms. The third-order valence-electron chi connectivity index (χ3n) is 3.95. The summed E-state index contributed by atoms with van der Waals surface area (Å²) in [6.45, 7) is 2.39. The second kappa shape index (κ2) is 7.62. The predicted molar refractivity (Wildman–Crippen MR) is 98.4 cm³/mol. The van der Waals surface area contributed by atoms with Crippen molar-refractivity contribution in [3.63, 3.8) is 0 Å². The number of aromatic nitrogens is 2. The molecular formula is C20H18ClFN2O. The van der Waals surface area contributed by atoms with Crippen molar-refractivity contribution in [3.05, 3.63) is 86.9 Å². The lowest BCUT2D eigenvalue weighted by Crippen LogP contribution is -2.27. The van der Waals surface area contributed by atoms with Gasteiger partial charge in [-0.1, -0.05) is 37.1 Å². The zero-order chi connectivity index (χ0) is 17.8. The van der Waals surface area contributed by atoms with Crippen molar-refractivity contribution >= 4 is 11.6 Å². The minimum Gasteiger partial charge on any atom is -0.267 e. The summed E-state index contributed by atoms with van der Waals surface area (Å²) in [6.07, 6.45) is 1.54. The van der Waals surface area contributed by atoms with Crippen LogP contribution >= 0.6 is 11.6 Å². The van der Waals surface area contributed by atoms with Gasteiger partial charge in [-0.15, -0.1) is 0 Å². The van der Waals surface area contributed by atoms with E-state index in [0.717, 1.165) is 17.5 Å². The van der Waals surface area contributed by atoms with Gasteiger partial charge in [0, 0.05) is 16.1 Å². The monoisotopic (exact) mass is 356 g/mol. The summed E-state index contributed by atoms with van der Waals surface area (Å²) in [7, 11) is 0. The summed E-state index contributed by atoms with van der Waals surface area (Å²) < 4.78 is 14.6. The van der Waals surface area contributed by atoms with E-state index in [9.17, 15) is 9.18 Å². The van der Waals surface area contributed by atoms with Gasteiger partial charge in [0.25, 0.3) is 5.56 Å². The molecule has 0 saturated heterocycles. The van der Waals surface area contributed by atoms with Gasteiger partial charge in [0.15, 0.2) is 0 Å². The molecule has 25 heavy (non-hydrogen) atoms. The Hall–Kier alpha value is -2.46. The maximum absolute atomic E-state index is 13.2. The Morgan fingerprint density at radius 1 is 1.08 bits per heavy atom. The van der Waals surface area contributed by atoms with E-state index in [2.05, 4.69) is 5.10 Å². The summed E-state index contributed by atoms with van der Waals surface area (Å²) in [5, 5.41) is 5.13. The molecule has 3 aromatic rings. The highest BCUT2D eigenvalue weighted by Crippen LogP contribution is 2.18. The van der Waals surface area contributed by atoms with Crippen LogP contribution in [0.3, 0.4) is 0 Å². The van der Waals surface area contributed by atoms with Gasteiger partial charge in [0.2, 0.25) is 0 Å². The van der Waals surface area contributed by atoms with Crippen LogP contribution in [-0.4, -0.2) is 9.78 Å². The number of rotatable bonds is 5. The van der Waals surface area contributed by atoms with E-state index in [4.69, 9.17) is 11.6 Å². The largest absolute Gasteiger partial charge is 0.270 e. The molecule has 128 valence electrons. The summed E-state index contributed by atoms with van der Waals surface area (Å²) in [5.74, 6) is -0.299. The highest BCUT2D eigenvalue weighted by molar-refractivity contribution is 6.30. The first-order valence-electron chi connectivity index (χ1n) is 8.18. The van der Waals surface area contributed by atoms with Gasteiger partial charge in [-0.25, -0.2) is 9.07 Å². The zero-order valence-corrected chi connectivity index (χ0v) is 14.6. The first kappa shape index (κ1) is 17.4. The van der Waals surface area contributed by atoms with Crippen LogP contribution in [0, 0.1) is 5.82 Å². The van der Waals surface area contributed by atoms with Crippen LogP contribution in [0.4, 0.5) is 4.39 Å². The predicted octanol–water partition coefficient (Wildman–Crippen LogP) is 4.70. The lowest BCUT2D eigenvalue weighted by atomic mass is 10.1. The van der Waals surface area contributed by atoms with Crippen LogP contribution in [-0.2, 0) is 13.0 Å². The SMILES string of the molecule is CCCc1cc(-c2ccc(F)cc2)nn(Cc2ccc(Cl)cc2)c1=O. The normalized spacial score (nSPS) is 10.8. The number of halogens is 2. The van der Waals surface area contributed by atoms with Gasteiger partial charge in [-0.2, -0.15) is 5.10 Å². The molecule has 0 N–H and O–H groups in total. The fraction of sp³-hybridized carbons (Fsp3) is 0.200. The molecule has 2 aromatic carbocycles. The molecule has 1 heterocycles. The maximum atomic E-state index is 13.2. The first-order valence-corrected chi connectivity index (χ1v) is 8.56. The van der Waals surface area contributed by atoms with Gasteiger partial charge in [0.1, 0.15) is 5.82 Å². The van der Waals surface area contributed by atoms with Crippen LogP contribution < -0.4 is 5.56 Å². The molecule has 0 aliphatic carbocycles. The molecule has 0 fully saturated rings. The van der Waals surface area contributed by atoms with Crippen molar-refractivity contribution in [3.8, 4) is 11.3 Å². The quantitative estimate of drug-likeness (QED) is 0.664. The number of hydrogen-bond acceptors (Lipinski definition) is 2. The molecule has 0 atom stereocenters. The molecule has 0 bridgehead atoms. The lowest BCUT2D eigenvalue weighted by Gasteiger charge is -2.11. The topological polar surface area (TPSA) is 34.9 Å². The molecule has 0 spiro atoms. The third kappa shape index (κ3) is 4.15. The molecular weight excluding hydrogens is 339 g/mol. The number of benzene rings is 2. The van der Waals surface area contributed by atoms with E-state index in [0.29, 0.717) is 29.2 Å². The fourth-order valence-electron chi connectivity index (χ4n) is 2.68. The summed E-state index contributed by atoms with van der Waals surface area (Å²) >= 11 is 5.92. The fourth-order valence-corrected chi connectivity index (χ4v) is 2.80. The van der Waals surface area contributed by atoms with E-state index in [1.807, 2.05) is 19.1 Å². The van der Waals surface area contributed by atoms with E-state index < -0.39 is 0 Å². The van der Waals surface area contributed by atoms with E-state index >= 15 is 0 Å². The first-order chi connectivity index (χ1) is 12.1. The molecule has 0 saturated carbocycles. The van der Waals surface area contributed by atoms with Crippen molar-refractivity contribution in [1.29, 1.82) is 0 Å². The van der Waals surface area contributed by atoms with Crippen LogP contribution in [0.15, 0.2) is 59.4 Å². The summed E-state index contributed by atoms with van der Waals surface area (Å²) in [5.41, 5.74) is 3.01. The molecule has 1 aromatic heterocycles. The van der Waals surface area contributed by atoms with Gasteiger partial charge in [-0.05, 0) is 54.4 Å². The van der Waals surface area contributed by atoms with Gasteiger partial charge in [0.05, 0.1) is 12.2 Å². The summed E-state index contributed by atoms with van der Waals surface area (Å²) in [4.78, 5) is 12.7. The Labute approximate surface area is 150 Å². The Bertz CT molecular complexity index is 918. The molecule has 0 radical (unpaired) electrons. The van der Waals surface area contributed by atoms with Gasteiger partial charge < -0.3 is 0 Å². The Morgan fingerprint density at radius 3 is 2.40 bits per heavy atom. The van der Waals surface area contributed by atoms with E-state index in [1.54, 1.807) is 30.3 Å². The average molecular weight is 357 g/mol. The number of hydrogen-bond donors (Lipinski definition) is 0. The second-order valence-electron chi connectivity index (χ2n) is 5.90. The minimum atomic E-state index is -0.299. The molecule has 0 amide bonds. The van der Waals surface area contributed by atoms with Crippen molar-refractivity contribution in [2.45, 2.75) is 26.3 Å². The van der Waals surface area contributed by atoms with E-state index in [-0.39, 0.29) is 11.4 Å². The molecule has 0 aliphatic rings. The van der Waals surface area contributed by atoms with Crippen molar-refractivity contribution in [2.75, 3.05) is 0 Å². The van der Waals surface area contributed by atoms with Crippen LogP contribution in [0.25, 0.3) is 11.3 Å². The van der Waals surface area contributed by atoms with Crippen LogP contribution in [0.2, 0.25) is 5.02 Å². The molecule has 3 nitrogen and oxygen atoms in total. The molecule has 3 rings (SSSR count). The minimum absolute atomic E-state index is 0.0948. The van der Waals surface area contributed by atoms with Crippen LogP contribution in [0.5, 0.6) is 0 Å². The van der Waals surface area contributed by atoms with Crippen LogP contribution in [0.1, 0.15) is 24.5 Å². The molecule has 0 unspecified atom stereocenters. The zero-order valence-electron chi connectivity index (χ0n) is 13.9. The van der Waals surface area contributed by atoms with Gasteiger partial charge >= 0.3 is 0 Å². The number of aryl methyl sites for hydroxylation is 1. The average Bonchev–Trinajstić information content (AvgIpc) is 2.61. The van der Waals surface area contributed by atoms with Crippen molar-refractivity contribution in [2.24, 2.45) is 0 Å². The van der Waals surface area contributed by atoms with Crippen molar-refractivity contribution < 1.29 is 4.39 Å².